The maximum atomic E-state index is 12.2. The molecule has 1 aromatic carbocycles. The van der Waals surface area contributed by atoms with E-state index in [1.807, 2.05) is 36.1 Å². The normalized spacial score (nSPS) is 18.9. The van der Waals surface area contributed by atoms with Crippen LogP contribution in [0.1, 0.15) is 18.4 Å². The van der Waals surface area contributed by atoms with Gasteiger partial charge in [-0.25, -0.2) is 4.79 Å². The zero-order valence-electron chi connectivity index (χ0n) is 13.4. The van der Waals surface area contributed by atoms with Crippen LogP contribution in [0.25, 0.3) is 0 Å². The Kier molecular flexibility index (Phi) is 4.69. The summed E-state index contributed by atoms with van der Waals surface area (Å²) in [6.07, 6.45) is 1.37. The van der Waals surface area contributed by atoms with Gasteiger partial charge in [-0.2, -0.15) is 0 Å². The number of hydrogen-bond donors (Lipinski definition) is 0. The summed E-state index contributed by atoms with van der Waals surface area (Å²) < 4.78 is 10.5. The molecular weight excluding hydrogens is 296 g/mol. The molecule has 0 aliphatic carbocycles. The number of likely N-dealkylation sites (tertiary alicyclic amines) is 1. The second kappa shape index (κ2) is 6.89. The highest BCUT2D eigenvalue weighted by Crippen LogP contribution is 2.20. The molecule has 2 saturated heterocycles. The second-order valence-corrected chi connectivity index (χ2v) is 6.02. The number of hydrogen-bond acceptors (Lipinski definition) is 4. The summed E-state index contributed by atoms with van der Waals surface area (Å²) >= 11 is 0. The van der Waals surface area contributed by atoms with Crippen molar-refractivity contribution >= 4 is 12.0 Å². The molecule has 0 N–H and O–H groups in total. The molecule has 0 spiro atoms. The summed E-state index contributed by atoms with van der Waals surface area (Å²) in [5.41, 5.74) is 1.16. The molecule has 2 heterocycles. The van der Waals surface area contributed by atoms with Gasteiger partial charge in [0.05, 0.1) is 6.54 Å². The largest absolute Gasteiger partial charge is 0.484 e. The molecule has 6 heteroatoms. The van der Waals surface area contributed by atoms with Crippen LogP contribution in [-0.4, -0.2) is 60.7 Å². The molecule has 0 radical (unpaired) electrons. The Morgan fingerprint density at radius 3 is 2.52 bits per heavy atom. The summed E-state index contributed by atoms with van der Waals surface area (Å²) in [6.45, 7) is 4.51. The van der Waals surface area contributed by atoms with Gasteiger partial charge in [-0.05, 0) is 31.9 Å². The van der Waals surface area contributed by atoms with Crippen LogP contribution in [0, 0.1) is 6.92 Å². The van der Waals surface area contributed by atoms with E-state index in [0.717, 1.165) is 18.4 Å². The molecule has 1 aromatic rings. The highest BCUT2D eigenvalue weighted by molar-refractivity contribution is 5.78. The van der Waals surface area contributed by atoms with Crippen molar-refractivity contribution in [1.29, 1.82) is 0 Å². The van der Waals surface area contributed by atoms with Crippen LogP contribution < -0.4 is 4.74 Å². The minimum atomic E-state index is -0.225. The average Bonchev–Trinajstić information content (AvgIpc) is 3.00. The van der Waals surface area contributed by atoms with Crippen LogP contribution in [0.3, 0.4) is 0 Å². The Bertz CT molecular complexity index is 564. The van der Waals surface area contributed by atoms with E-state index in [0.29, 0.717) is 32.0 Å². The number of benzene rings is 1. The zero-order valence-corrected chi connectivity index (χ0v) is 13.4. The molecule has 0 saturated carbocycles. The monoisotopic (exact) mass is 318 g/mol. The molecule has 2 amide bonds. The Hall–Kier alpha value is -2.24. The van der Waals surface area contributed by atoms with Crippen molar-refractivity contribution in [2.24, 2.45) is 0 Å². The Morgan fingerprint density at radius 2 is 1.91 bits per heavy atom. The van der Waals surface area contributed by atoms with Crippen molar-refractivity contribution in [2.75, 3.05) is 32.8 Å². The predicted octanol–water partition coefficient (Wildman–Crippen LogP) is 1.82. The Labute approximate surface area is 136 Å². The van der Waals surface area contributed by atoms with Crippen molar-refractivity contribution in [2.45, 2.75) is 25.8 Å². The number of aryl methyl sites for hydroxylation is 1. The topological polar surface area (TPSA) is 59.1 Å². The minimum Gasteiger partial charge on any atom is -0.484 e. The smallest absolute Gasteiger partial charge is 0.410 e. The highest BCUT2D eigenvalue weighted by Gasteiger charge is 2.33. The molecule has 23 heavy (non-hydrogen) atoms. The van der Waals surface area contributed by atoms with E-state index in [1.54, 1.807) is 4.90 Å². The third-order valence-electron chi connectivity index (χ3n) is 4.43. The van der Waals surface area contributed by atoms with Gasteiger partial charge in [-0.1, -0.05) is 17.7 Å². The first kappa shape index (κ1) is 15.6. The van der Waals surface area contributed by atoms with Gasteiger partial charge in [0.2, 0.25) is 0 Å². The molecule has 2 fully saturated rings. The Balaban J connectivity index is 1.44. The lowest BCUT2D eigenvalue weighted by atomic mass is 10.0. The first-order chi connectivity index (χ1) is 11.1. The summed E-state index contributed by atoms with van der Waals surface area (Å²) in [4.78, 5) is 27.4. The molecule has 0 aromatic heterocycles. The molecule has 6 nitrogen and oxygen atoms in total. The van der Waals surface area contributed by atoms with Gasteiger partial charge < -0.3 is 19.3 Å². The number of ether oxygens (including phenoxy) is 2. The number of carbonyl (C=O) groups excluding carboxylic acids is 2. The van der Waals surface area contributed by atoms with Crippen LogP contribution in [0.15, 0.2) is 24.3 Å². The Morgan fingerprint density at radius 1 is 1.22 bits per heavy atom. The zero-order chi connectivity index (χ0) is 16.2. The van der Waals surface area contributed by atoms with Crippen molar-refractivity contribution in [3.63, 3.8) is 0 Å². The predicted molar refractivity (Wildman–Crippen MR) is 84.3 cm³/mol. The standard InChI is InChI=1S/C17H22N2O4/c1-13-2-4-15(5-3-13)23-12-16(20)18-8-6-14(7-9-18)19-10-11-22-17(19)21/h2-5,14H,6-12H2,1H3. The fraction of sp³-hybridized carbons (Fsp3) is 0.529. The lowest BCUT2D eigenvalue weighted by Crippen LogP contribution is -2.48. The van der Waals surface area contributed by atoms with Crippen molar-refractivity contribution in [1.82, 2.24) is 9.80 Å². The van der Waals surface area contributed by atoms with Crippen molar-refractivity contribution in [3.8, 4) is 5.75 Å². The van der Waals surface area contributed by atoms with Gasteiger partial charge in [-0.3, -0.25) is 4.79 Å². The summed E-state index contributed by atoms with van der Waals surface area (Å²) in [5.74, 6) is 0.701. The number of cyclic esters (lactones) is 1. The fourth-order valence-corrected chi connectivity index (χ4v) is 3.03. The lowest BCUT2D eigenvalue weighted by Gasteiger charge is -2.35. The number of rotatable bonds is 4. The number of nitrogens with zero attached hydrogens (tertiary/aromatic N) is 2. The number of piperidine rings is 1. The van der Waals surface area contributed by atoms with Crippen molar-refractivity contribution in [3.05, 3.63) is 29.8 Å². The molecule has 0 bridgehead atoms. The summed E-state index contributed by atoms with van der Waals surface area (Å²) in [7, 11) is 0. The first-order valence-electron chi connectivity index (χ1n) is 8.04. The molecule has 2 aliphatic rings. The highest BCUT2D eigenvalue weighted by atomic mass is 16.6. The van der Waals surface area contributed by atoms with E-state index in [2.05, 4.69) is 0 Å². The maximum Gasteiger partial charge on any atom is 0.410 e. The van der Waals surface area contributed by atoms with Crippen LogP contribution in [0.4, 0.5) is 4.79 Å². The molecular formula is C17H22N2O4. The number of amides is 2. The molecule has 0 unspecified atom stereocenters. The van der Waals surface area contributed by atoms with Gasteiger partial charge >= 0.3 is 6.09 Å². The van der Waals surface area contributed by atoms with E-state index in [4.69, 9.17) is 9.47 Å². The van der Waals surface area contributed by atoms with Crippen LogP contribution in [-0.2, 0) is 9.53 Å². The van der Waals surface area contributed by atoms with Crippen LogP contribution in [0.5, 0.6) is 5.75 Å². The SMILES string of the molecule is Cc1ccc(OCC(=O)N2CCC(N3CCOC3=O)CC2)cc1. The molecule has 124 valence electrons. The average molecular weight is 318 g/mol. The van der Waals surface area contributed by atoms with Gasteiger partial charge in [0.25, 0.3) is 5.91 Å². The van der Waals surface area contributed by atoms with E-state index < -0.39 is 0 Å². The van der Waals surface area contributed by atoms with Gasteiger partial charge in [-0.15, -0.1) is 0 Å². The van der Waals surface area contributed by atoms with E-state index in [-0.39, 0.29) is 24.6 Å². The van der Waals surface area contributed by atoms with Crippen LogP contribution in [0.2, 0.25) is 0 Å². The van der Waals surface area contributed by atoms with Gasteiger partial charge in [0, 0.05) is 19.1 Å². The van der Waals surface area contributed by atoms with Gasteiger partial charge in [0.1, 0.15) is 12.4 Å². The van der Waals surface area contributed by atoms with E-state index in [1.165, 1.54) is 0 Å². The van der Waals surface area contributed by atoms with Gasteiger partial charge in [0.15, 0.2) is 6.61 Å². The van der Waals surface area contributed by atoms with Crippen molar-refractivity contribution < 1.29 is 19.1 Å². The molecule has 3 rings (SSSR count). The minimum absolute atomic E-state index is 0.00646. The maximum absolute atomic E-state index is 12.2. The van der Waals surface area contributed by atoms with Crippen LogP contribution >= 0.6 is 0 Å². The second-order valence-electron chi connectivity index (χ2n) is 6.02. The number of carbonyl (C=O) groups is 2. The summed E-state index contributed by atoms with van der Waals surface area (Å²) in [6, 6.07) is 7.84. The van der Waals surface area contributed by atoms with E-state index >= 15 is 0 Å². The first-order valence-corrected chi connectivity index (χ1v) is 8.04. The third kappa shape index (κ3) is 3.75. The quantitative estimate of drug-likeness (QED) is 0.849. The van der Waals surface area contributed by atoms with E-state index in [9.17, 15) is 9.59 Å². The fourth-order valence-electron chi connectivity index (χ4n) is 3.03. The molecule has 0 atom stereocenters. The third-order valence-corrected chi connectivity index (χ3v) is 4.43. The molecule has 2 aliphatic heterocycles. The lowest BCUT2D eigenvalue weighted by molar-refractivity contribution is -0.134. The summed E-state index contributed by atoms with van der Waals surface area (Å²) in [5, 5.41) is 0.